The Labute approximate surface area is 183 Å². The molecule has 0 aromatic heterocycles. The molecule has 0 bridgehead atoms. The van der Waals surface area contributed by atoms with Gasteiger partial charge >= 0.3 is 0 Å². The Bertz CT molecular complexity index is 960. The minimum atomic E-state index is -0.167. The van der Waals surface area contributed by atoms with E-state index >= 15 is 0 Å². The average Bonchev–Trinajstić information content (AvgIpc) is 2.90. The van der Waals surface area contributed by atoms with Crippen LogP contribution in [-0.2, 0) is 4.79 Å². The number of hydrogen-bond donors (Lipinski definition) is 0. The topological polar surface area (TPSA) is 42.0 Å². The number of carbonyl (C=O) groups is 1. The highest BCUT2D eigenvalue weighted by Gasteiger charge is 2.36. The summed E-state index contributed by atoms with van der Waals surface area (Å²) in [6.07, 6.45) is 3.48. The Morgan fingerprint density at radius 3 is 2.61 bits per heavy atom. The smallest absolute Gasteiger partial charge is 0.281 e. The van der Waals surface area contributed by atoms with Crippen molar-refractivity contribution < 1.29 is 14.3 Å². The molecule has 0 radical (unpaired) electrons. The van der Waals surface area contributed by atoms with Gasteiger partial charge in [0.25, 0.3) is 5.91 Å². The molecule has 7 heteroatoms. The van der Waals surface area contributed by atoms with Crippen LogP contribution in [-0.4, -0.2) is 36.7 Å². The SMILES string of the molecule is C=CCOc1c(I)cc(/C=C2/C(=O)N(c3ccccc3)C(=S)N2C)cc1OC. The molecule has 0 atom stereocenters. The van der Waals surface area contributed by atoms with E-state index < -0.39 is 0 Å². The molecule has 1 amide bonds. The van der Waals surface area contributed by atoms with Crippen LogP contribution in [0.25, 0.3) is 6.08 Å². The first-order chi connectivity index (χ1) is 13.5. The van der Waals surface area contributed by atoms with Crippen molar-refractivity contribution in [1.82, 2.24) is 4.90 Å². The van der Waals surface area contributed by atoms with Crippen LogP contribution in [0.4, 0.5) is 5.69 Å². The van der Waals surface area contributed by atoms with Gasteiger partial charge in [-0.05, 0) is 70.7 Å². The van der Waals surface area contributed by atoms with Crippen molar-refractivity contribution in [2.45, 2.75) is 0 Å². The highest BCUT2D eigenvalue weighted by molar-refractivity contribution is 14.1. The molecule has 1 aliphatic rings. The predicted molar refractivity (Wildman–Crippen MR) is 124 cm³/mol. The van der Waals surface area contributed by atoms with E-state index in [-0.39, 0.29) is 5.91 Å². The number of thiocarbonyl (C=S) groups is 1. The van der Waals surface area contributed by atoms with Crippen LogP contribution in [0.15, 0.2) is 60.8 Å². The van der Waals surface area contributed by atoms with Crippen molar-refractivity contribution in [2.24, 2.45) is 0 Å². The third-order valence-electron chi connectivity index (χ3n) is 4.18. The lowest BCUT2D eigenvalue weighted by Gasteiger charge is -2.16. The second kappa shape index (κ2) is 8.74. The number of likely N-dealkylation sites (N-methyl/N-ethyl adjacent to an activating group) is 1. The molecule has 0 unspecified atom stereocenters. The van der Waals surface area contributed by atoms with Crippen LogP contribution in [0, 0.1) is 3.57 Å². The summed E-state index contributed by atoms with van der Waals surface area (Å²) >= 11 is 7.68. The summed E-state index contributed by atoms with van der Waals surface area (Å²) in [4.78, 5) is 16.3. The van der Waals surface area contributed by atoms with E-state index in [0.717, 1.165) is 14.8 Å². The van der Waals surface area contributed by atoms with Crippen molar-refractivity contribution in [3.8, 4) is 11.5 Å². The maximum absolute atomic E-state index is 13.0. The largest absolute Gasteiger partial charge is 0.493 e. The van der Waals surface area contributed by atoms with Gasteiger partial charge in [-0.3, -0.25) is 9.69 Å². The van der Waals surface area contributed by atoms with Crippen molar-refractivity contribution in [1.29, 1.82) is 0 Å². The average molecular weight is 506 g/mol. The Hall–Kier alpha value is -2.39. The second-order valence-electron chi connectivity index (χ2n) is 5.98. The van der Waals surface area contributed by atoms with Gasteiger partial charge in [0.2, 0.25) is 0 Å². The van der Waals surface area contributed by atoms with Gasteiger partial charge in [-0.15, -0.1) is 0 Å². The molecule has 1 saturated heterocycles. The lowest BCUT2D eigenvalue weighted by Crippen LogP contribution is -2.30. The van der Waals surface area contributed by atoms with Crippen molar-refractivity contribution in [2.75, 3.05) is 25.7 Å². The van der Waals surface area contributed by atoms with Gasteiger partial charge in [0.1, 0.15) is 12.3 Å². The van der Waals surface area contributed by atoms with Crippen molar-refractivity contribution in [3.05, 3.63) is 70.0 Å². The van der Waals surface area contributed by atoms with Crippen molar-refractivity contribution in [3.63, 3.8) is 0 Å². The maximum atomic E-state index is 13.0. The van der Waals surface area contributed by atoms with Crippen LogP contribution in [0.5, 0.6) is 11.5 Å². The number of ether oxygens (including phenoxy) is 2. The zero-order valence-corrected chi connectivity index (χ0v) is 18.5. The molecule has 2 aromatic rings. The normalized spacial score (nSPS) is 15.3. The van der Waals surface area contributed by atoms with Gasteiger partial charge in [0, 0.05) is 7.05 Å². The van der Waals surface area contributed by atoms with Crippen LogP contribution < -0.4 is 14.4 Å². The molecule has 1 aliphatic heterocycles. The van der Waals surface area contributed by atoms with Gasteiger partial charge in [-0.2, -0.15) is 0 Å². The fourth-order valence-corrected chi connectivity index (χ4v) is 3.89. The fraction of sp³-hybridized carbons (Fsp3) is 0.143. The van der Waals surface area contributed by atoms with E-state index in [1.165, 1.54) is 4.90 Å². The van der Waals surface area contributed by atoms with Crippen molar-refractivity contribution >= 4 is 57.6 Å². The molecule has 144 valence electrons. The number of methoxy groups -OCH3 is 1. The number of benzene rings is 2. The molecule has 0 saturated carbocycles. The lowest BCUT2D eigenvalue weighted by atomic mass is 10.1. The third-order valence-corrected chi connectivity index (χ3v) is 5.43. The fourth-order valence-electron chi connectivity index (χ4n) is 2.82. The molecule has 0 spiro atoms. The molecular formula is C21H19IN2O3S. The summed E-state index contributed by atoms with van der Waals surface area (Å²) in [7, 11) is 3.38. The van der Waals surface area contributed by atoms with Gasteiger partial charge < -0.3 is 14.4 Å². The van der Waals surface area contributed by atoms with Crippen LogP contribution >= 0.6 is 34.8 Å². The van der Waals surface area contributed by atoms with E-state index in [1.807, 2.05) is 42.5 Å². The van der Waals surface area contributed by atoms with Gasteiger partial charge in [0.05, 0.1) is 16.4 Å². The molecule has 0 aliphatic carbocycles. The number of hydrogen-bond acceptors (Lipinski definition) is 4. The molecule has 3 rings (SSSR count). The minimum Gasteiger partial charge on any atom is -0.493 e. The molecule has 2 aromatic carbocycles. The third kappa shape index (κ3) is 3.90. The predicted octanol–water partition coefficient (Wildman–Crippen LogP) is 4.47. The zero-order chi connectivity index (χ0) is 20.3. The van der Waals surface area contributed by atoms with Gasteiger partial charge in [-0.1, -0.05) is 30.9 Å². The standard InChI is InChI=1S/C21H19IN2O3S/c1-4-10-27-19-16(22)11-14(13-18(19)26-3)12-17-20(25)24(21(28)23(17)2)15-8-6-5-7-9-15/h4-9,11-13H,1,10H2,2-3H3/b17-12-. The molecular weight excluding hydrogens is 487 g/mol. The van der Waals surface area contributed by atoms with Gasteiger partial charge in [-0.25, -0.2) is 0 Å². The zero-order valence-electron chi connectivity index (χ0n) is 15.5. The monoisotopic (exact) mass is 506 g/mol. The Morgan fingerprint density at radius 1 is 1.25 bits per heavy atom. The summed E-state index contributed by atoms with van der Waals surface area (Å²) in [6, 6.07) is 13.1. The molecule has 5 nitrogen and oxygen atoms in total. The number of para-hydroxylation sites is 1. The Kier molecular flexibility index (Phi) is 6.35. The van der Waals surface area contributed by atoms with Crippen LogP contribution in [0.3, 0.4) is 0 Å². The first kappa shape index (κ1) is 20.3. The Balaban J connectivity index is 1.99. The first-order valence-corrected chi connectivity index (χ1v) is 9.96. The summed E-state index contributed by atoms with van der Waals surface area (Å²) in [6.45, 7) is 4.05. The quantitative estimate of drug-likeness (QED) is 0.251. The number of anilines is 1. The first-order valence-electron chi connectivity index (χ1n) is 8.48. The number of amides is 1. The molecule has 28 heavy (non-hydrogen) atoms. The van der Waals surface area contributed by atoms with Crippen LogP contribution in [0.1, 0.15) is 5.56 Å². The number of halogens is 1. The highest BCUT2D eigenvalue weighted by Crippen LogP contribution is 2.35. The lowest BCUT2D eigenvalue weighted by molar-refractivity contribution is -0.114. The maximum Gasteiger partial charge on any atom is 0.281 e. The van der Waals surface area contributed by atoms with E-state index in [2.05, 4.69) is 29.2 Å². The second-order valence-corrected chi connectivity index (χ2v) is 7.51. The summed E-state index contributed by atoms with van der Waals surface area (Å²) in [5.41, 5.74) is 2.06. The summed E-state index contributed by atoms with van der Waals surface area (Å²) in [5, 5.41) is 0.440. The highest BCUT2D eigenvalue weighted by atomic mass is 127. The minimum absolute atomic E-state index is 0.167. The Morgan fingerprint density at radius 2 is 1.96 bits per heavy atom. The van der Waals surface area contributed by atoms with E-state index in [1.54, 1.807) is 31.2 Å². The number of rotatable bonds is 6. The molecule has 1 heterocycles. The summed E-state index contributed by atoms with van der Waals surface area (Å²) in [5.74, 6) is 1.08. The molecule has 0 N–H and O–H groups in total. The van der Waals surface area contributed by atoms with Crippen LogP contribution in [0.2, 0.25) is 0 Å². The number of carbonyl (C=O) groups excluding carboxylic acids is 1. The van der Waals surface area contributed by atoms with Gasteiger partial charge in [0.15, 0.2) is 16.6 Å². The molecule has 1 fully saturated rings. The van der Waals surface area contributed by atoms with E-state index in [0.29, 0.717) is 28.9 Å². The van der Waals surface area contributed by atoms with E-state index in [9.17, 15) is 4.79 Å². The van der Waals surface area contributed by atoms with E-state index in [4.69, 9.17) is 21.7 Å². The summed E-state index contributed by atoms with van der Waals surface area (Å²) < 4.78 is 12.0. The number of nitrogens with zero attached hydrogens (tertiary/aromatic N) is 2.